The fourth-order valence-corrected chi connectivity index (χ4v) is 4.69. The predicted octanol–water partition coefficient (Wildman–Crippen LogP) is 4.50. The van der Waals surface area contributed by atoms with Gasteiger partial charge in [-0.2, -0.15) is 0 Å². The van der Waals surface area contributed by atoms with E-state index in [2.05, 4.69) is 10.6 Å². The summed E-state index contributed by atoms with van der Waals surface area (Å²) in [5.74, 6) is 1.07. The molecule has 1 aliphatic rings. The number of ether oxygens (including phenoxy) is 1. The van der Waals surface area contributed by atoms with Gasteiger partial charge in [0.15, 0.2) is 11.5 Å². The summed E-state index contributed by atoms with van der Waals surface area (Å²) in [6.45, 7) is 0.630. The highest BCUT2D eigenvalue weighted by Gasteiger charge is 2.25. The standard InChI is InChI=1S/C27H30N2O4/c1-28-26(31)18-8-6-17(7-9-18)16-29-27(32)21-10-12-23-19(14-21)4-3-5-22(23)20-11-13-24(30)25(15-20)33-2/h3-5,10-15,17-18,30H,6-9,16H2,1-2H3,(H,28,31)(H,29,32). The van der Waals surface area contributed by atoms with E-state index in [0.717, 1.165) is 47.6 Å². The van der Waals surface area contributed by atoms with E-state index >= 15 is 0 Å². The summed E-state index contributed by atoms with van der Waals surface area (Å²) in [7, 11) is 3.21. The van der Waals surface area contributed by atoms with Crippen LogP contribution >= 0.6 is 0 Å². The number of hydrogen-bond acceptors (Lipinski definition) is 4. The number of hydrogen-bond donors (Lipinski definition) is 3. The van der Waals surface area contributed by atoms with Crippen LogP contribution < -0.4 is 15.4 Å². The Balaban J connectivity index is 1.45. The van der Waals surface area contributed by atoms with Gasteiger partial charge in [-0.3, -0.25) is 9.59 Å². The maximum atomic E-state index is 12.8. The molecule has 1 saturated carbocycles. The minimum atomic E-state index is -0.0815. The van der Waals surface area contributed by atoms with E-state index in [1.54, 1.807) is 13.1 Å². The third kappa shape index (κ3) is 4.95. The van der Waals surface area contributed by atoms with Crippen molar-refractivity contribution < 1.29 is 19.4 Å². The SMILES string of the molecule is CNC(=O)C1CCC(CNC(=O)c2ccc3c(-c4ccc(O)c(OC)c4)cccc3c2)CC1. The normalized spacial score (nSPS) is 18.0. The molecule has 0 spiro atoms. The van der Waals surface area contributed by atoms with Gasteiger partial charge < -0.3 is 20.5 Å². The lowest BCUT2D eigenvalue weighted by Crippen LogP contribution is -2.34. The third-order valence-corrected chi connectivity index (χ3v) is 6.65. The molecule has 6 heteroatoms. The number of amides is 2. The highest BCUT2D eigenvalue weighted by Crippen LogP contribution is 2.35. The fraction of sp³-hybridized carbons (Fsp3) is 0.333. The fourth-order valence-electron chi connectivity index (χ4n) is 4.69. The van der Waals surface area contributed by atoms with Gasteiger partial charge in [0.25, 0.3) is 5.91 Å². The Hall–Kier alpha value is -3.54. The van der Waals surface area contributed by atoms with Crippen LogP contribution in [-0.2, 0) is 4.79 Å². The molecule has 0 heterocycles. The van der Waals surface area contributed by atoms with Gasteiger partial charge in [-0.05, 0) is 77.8 Å². The zero-order chi connectivity index (χ0) is 23.4. The highest BCUT2D eigenvalue weighted by atomic mass is 16.5. The molecule has 0 aromatic heterocycles. The minimum Gasteiger partial charge on any atom is -0.504 e. The zero-order valence-electron chi connectivity index (χ0n) is 19.1. The molecule has 2 amide bonds. The maximum Gasteiger partial charge on any atom is 0.251 e. The first-order valence-corrected chi connectivity index (χ1v) is 11.4. The van der Waals surface area contributed by atoms with E-state index < -0.39 is 0 Å². The first-order valence-electron chi connectivity index (χ1n) is 11.4. The summed E-state index contributed by atoms with van der Waals surface area (Å²) in [5.41, 5.74) is 2.56. The quantitative estimate of drug-likeness (QED) is 0.520. The number of carbonyl (C=O) groups excluding carboxylic acids is 2. The van der Waals surface area contributed by atoms with Crippen LogP contribution in [0.3, 0.4) is 0 Å². The molecule has 6 nitrogen and oxygen atoms in total. The van der Waals surface area contributed by atoms with Crippen LogP contribution in [0.4, 0.5) is 0 Å². The maximum absolute atomic E-state index is 12.8. The second-order valence-corrected chi connectivity index (χ2v) is 8.67. The number of aromatic hydroxyl groups is 1. The van der Waals surface area contributed by atoms with Crippen molar-refractivity contribution in [3.05, 3.63) is 60.2 Å². The van der Waals surface area contributed by atoms with Crippen molar-refractivity contribution in [2.75, 3.05) is 20.7 Å². The number of carbonyl (C=O) groups is 2. The lowest BCUT2D eigenvalue weighted by molar-refractivity contribution is -0.125. The van der Waals surface area contributed by atoms with E-state index in [9.17, 15) is 14.7 Å². The number of benzene rings is 3. The average molecular weight is 447 g/mol. The summed E-state index contributed by atoms with van der Waals surface area (Å²) < 4.78 is 5.25. The Morgan fingerprint density at radius 2 is 1.82 bits per heavy atom. The molecular weight excluding hydrogens is 416 g/mol. The van der Waals surface area contributed by atoms with Crippen molar-refractivity contribution in [1.82, 2.24) is 10.6 Å². The Labute approximate surface area is 194 Å². The summed E-state index contributed by atoms with van der Waals surface area (Å²) in [6.07, 6.45) is 3.66. The first kappa shape index (κ1) is 22.6. The molecule has 1 aliphatic carbocycles. The van der Waals surface area contributed by atoms with Gasteiger partial charge in [-0.15, -0.1) is 0 Å². The highest BCUT2D eigenvalue weighted by molar-refractivity contribution is 6.02. The Bertz CT molecular complexity index is 1170. The first-order chi connectivity index (χ1) is 16.0. The lowest BCUT2D eigenvalue weighted by Gasteiger charge is -2.27. The van der Waals surface area contributed by atoms with Crippen LogP contribution in [0.25, 0.3) is 21.9 Å². The van der Waals surface area contributed by atoms with Gasteiger partial charge in [-0.25, -0.2) is 0 Å². The van der Waals surface area contributed by atoms with Crippen molar-refractivity contribution in [3.63, 3.8) is 0 Å². The third-order valence-electron chi connectivity index (χ3n) is 6.65. The topological polar surface area (TPSA) is 87.7 Å². The summed E-state index contributed by atoms with van der Waals surface area (Å²) in [5, 5.41) is 17.7. The number of fused-ring (bicyclic) bond motifs is 1. The van der Waals surface area contributed by atoms with E-state index in [-0.39, 0.29) is 23.5 Å². The van der Waals surface area contributed by atoms with E-state index in [1.165, 1.54) is 7.11 Å². The molecule has 0 aliphatic heterocycles. The number of phenols is 1. The Morgan fingerprint density at radius 1 is 1.03 bits per heavy atom. The zero-order valence-corrected chi connectivity index (χ0v) is 19.1. The molecule has 3 aromatic carbocycles. The molecular formula is C27H30N2O4. The molecule has 3 aromatic rings. The molecule has 0 bridgehead atoms. The van der Waals surface area contributed by atoms with Gasteiger partial charge in [0.05, 0.1) is 7.11 Å². The number of rotatable bonds is 6. The minimum absolute atomic E-state index is 0.0815. The molecule has 33 heavy (non-hydrogen) atoms. The summed E-state index contributed by atoms with van der Waals surface area (Å²) in [6, 6.07) is 17.0. The van der Waals surface area contributed by atoms with Crippen LogP contribution in [0, 0.1) is 11.8 Å². The van der Waals surface area contributed by atoms with Gasteiger partial charge >= 0.3 is 0 Å². The monoisotopic (exact) mass is 446 g/mol. The second kappa shape index (κ2) is 9.94. The molecule has 0 saturated heterocycles. The smallest absolute Gasteiger partial charge is 0.251 e. The molecule has 0 unspecified atom stereocenters. The molecule has 0 atom stereocenters. The van der Waals surface area contributed by atoms with Crippen LogP contribution in [0.2, 0.25) is 0 Å². The van der Waals surface area contributed by atoms with Gasteiger partial charge in [0.1, 0.15) is 0 Å². The average Bonchev–Trinajstić information content (AvgIpc) is 2.86. The molecule has 1 fully saturated rings. The largest absolute Gasteiger partial charge is 0.504 e. The van der Waals surface area contributed by atoms with Crippen molar-refractivity contribution in [2.24, 2.45) is 11.8 Å². The van der Waals surface area contributed by atoms with Crippen LogP contribution in [0.1, 0.15) is 36.0 Å². The number of phenolic OH excluding ortho intramolecular Hbond substituents is 1. The van der Waals surface area contributed by atoms with Crippen LogP contribution in [0.15, 0.2) is 54.6 Å². The second-order valence-electron chi connectivity index (χ2n) is 8.67. The number of methoxy groups -OCH3 is 1. The van der Waals surface area contributed by atoms with Crippen molar-refractivity contribution in [3.8, 4) is 22.6 Å². The van der Waals surface area contributed by atoms with Crippen molar-refractivity contribution >= 4 is 22.6 Å². The lowest BCUT2D eigenvalue weighted by atomic mass is 9.81. The van der Waals surface area contributed by atoms with Crippen LogP contribution in [0.5, 0.6) is 11.5 Å². The van der Waals surface area contributed by atoms with Gasteiger partial charge in [0.2, 0.25) is 5.91 Å². The molecule has 3 N–H and O–H groups in total. The molecule has 172 valence electrons. The van der Waals surface area contributed by atoms with E-state index in [4.69, 9.17) is 4.74 Å². The van der Waals surface area contributed by atoms with E-state index in [0.29, 0.717) is 23.8 Å². The number of nitrogens with one attached hydrogen (secondary N) is 2. The van der Waals surface area contributed by atoms with Gasteiger partial charge in [-0.1, -0.05) is 30.3 Å². The van der Waals surface area contributed by atoms with Crippen LogP contribution in [-0.4, -0.2) is 37.6 Å². The van der Waals surface area contributed by atoms with Crippen molar-refractivity contribution in [1.29, 1.82) is 0 Å². The molecule has 4 rings (SSSR count). The summed E-state index contributed by atoms with van der Waals surface area (Å²) in [4.78, 5) is 24.6. The predicted molar refractivity (Wildman–Crippen MR) is 129 cm³/mol. The Kier molecular flexibility index (Phi) is 6.82. The molecule has 0 radical (unpaired) electrons. The van der Waals surface area contributed by atoms with Gasteiger partial charge in [0, 0.05) is 25.1 Å². The Morgan fingerprint density at radius 3 is 2.55 bits per heavy atom. The van der Waals surface area contributed by atoms with Crippen molar-refractivity contribution in [2.45, 2.75) is 25.7 Å². The van der Waals surface area contributed by atoms with E-state index in [1.807, 2.05) is 48.5 Å². The summed E-state index contributed by atoms with van der Waals surface area (Å²) >= 11 is 0.